The zero-order valence-corrected chi connectivity index (χ0v) is 20.1. The van der Waals surface area contributed by atoms with Crippen LogP contribution in [0.2, 0.25) is 0 Å². The van der Waals surface area contributed by atoms with E-state index in [4.69, 9.17) is 10.5 Å². The lowest BCUT2D eigenvalue weighted by molar-refractivity contribution is -0.120. The van der Waals surface area contributed by atoms with E-state index in [-0.39, 0.29) is 36.4 Å². The number of carbonyl (C=O) groups is 1. The third-order valence-corrected chi connectivity index (χ3v) is 5.42. The number of ketones is 1. The molecule has 3 heterocycles. The third-order valence-electron chi connectivity index (χ3n) is 5.42. The largest absolute Gasteiger partial charge is 0.491 e. The number of rotatable bonds is 9. The maximum absolute atomic E-state index is 13.4. The van der Waals surface area contributed by atoms with Gasteiger partial charge in [0.25, 0.3) is 0 Å². The number of hydrogen-bond acceptors (Lipinski definition) is 6. The number of fused-ring (bicyclic) bond motifs is 1. The molecule has 4 rings (SSSR count). The Balaban J connectivity index is 1.68. The molecule has 0 saturated heterocycles. The van der Waals surface area contributed by atoms with Crippen LogP contribution in [-0.4, -0.2) is 37.2 Å². The fraction of sp³-hybridized carbons (Fsp3) is 0.308. The molecule has 0 atom stereocenters. The van der Waals surface area contributed by atoms with Crippen molar-refractivity contribution in [3.8, 4) is 28.4 Å². The molecule has 0 radical (unpaired) electrons. The summed E-state index contributed by atoms with van der Waals surface area (Å²) in [4.78, 5) is 24.8. The van der Waals surface area contributed by atoms with Crippen LogP contribution in [0.4, 0.5) is 19.0 Å². The van der Waals surface area contributed by atoms with E-state index in [1.807, 2.05) is 30.4 Å². The molecule has 188 valence electrons. The molecule has 0 aliphatic rings. The highest BCUT2D eigenvalue weighted by Gasteiger charge is 2.22. The highest BCUT2D eigenvalue weighted by molar-refractivity contribution is 5.81. The molecular weight excluding hydrogens is 471 g/mol. The number of imidazole rings is 1. The first kappa shape index (κ1) is 25.2. The van der Waals surface area contributed by atoms with E-state index in [0.717, 1.165) is 24.4 Å². The van der Waals surface area contributed by atoms with Crippen LogP contribution in [0, 0.1) is 5.82 Å². The van der Waals surface area contributed by atoms with Crippen LogP contribution in [-0.2, 0) is 11.2 Å². The van der Waals surface area contributed by atoms with Gasteiger partial charge in [-0.2, -0.15) is 0 Å². The summed E-state index contributed by atoms with van der Waals surface area (Å²) in [5, 5.41) is 0. The minimum atomic E-state index is -2.89. The quantitative estimate of drug-likeness (QED) is 0.327. The van der Waals surface area contributed by atoms with Crippen LogP contribution in [0.3, 0.4) is 0 Å². The average Bonchev–Trinajstić information content (AvgIpc) is 3.22. The minimum absolute atomic E-state index is 0.0165. The van der Waals surface area contributed by atoms with E-state index in [1.165, 1.54) is 0 Å². The summed E-state index contributed by atoms with van der Waals surface area (Å²) in [5.74, 6) is -3.26. The van der Waals surface area contributed by atoms with Crippen LogP contribution in [0.15, 0.2) is 48.9 Å². The number of nitrogen functional groups attached to an aromatic ring is 1. The van der Waals surface area contributed by atoms with Gasteiger partial charge in [-0.1, -0.05) is 0 Å². The second-order valence-electron chi connectivity index (χ2n) is 9.03. The number of aromatic nitrogens is 4. The molecule has 3 aromatic heterocycles. The van der Waals surface area contributed by atoms with Crippen LogP contribution in [0.1, 0.15) is 39.2 Å². The van der Waals surface area contributed by atoms with E-state index < -0.39 is 18.2 Å². The molecule has 0 unspecified atom stereocenters. The summed E-state index contributed by atoms with van der Waals surface area (Å²) in [6.45, 7) is 4.59. The predicted molar refractivity (Wildman–Crippen MR) is 130 cm³/mol. The first-order valence-corrected chi connectivity index (χ1v) is 11.4. The molecule has 0 amide bonds. The molecule has 1 aromatic carbocycles. The lowest BCUT2D eigenvalue weighted by Crippen LogP contribution is -2.13. The number of carbonyl (C=O) groups excluding carboxylic acids is 1. The molecule has 10 heteroatoms. The molecule has 2 N–H and O–H groups in total. The monoisotopic (exact) mass is 497 g/mol. The zero-order chi connectivity index (χ0) is 26.0. The Morgan fingerprint density at radius 2 is 1.92 bits per heavy atom. The van der Waals surface area contributed by atoms with Crippen molar-refractivity contribution in [3.05, 3.63) is 60.3 Å². The summed E-state index contributed by atoms with van der Waals surface area (Å²) in [6, 6.07) is 8.93. The Labute approximate surface area is 206 Å². The Hall–Kier alpha value is -3.95. The number of alkyl halides is 2. The number of halogens is 3. The molecule has 0 bridgehead atoms. The van der Waals surface area contributed by atoms with Gasteiger partial charge in [-0.15, -0.1) is 0 Å². The van der Waals surface area contributed by atoms with Gasteiger partial charge < -0.3 is 10.5 Å². The SMILES string of the molecule is CC(C)Oc1cc(CC(=O)CCC(C)(F)F)cc(-c2cnc3cc(-c4ncc(F)c(N)n4)ccn23)c1. The Morgan fingerprint density at radius 3 is 2.61 bits per heavy atom. The summed E-state index contributed by atoms with van der Waals surface area (Å²) >= 11 is 0. The van der Waals surface area contributed by atoms with Gasteiger partial charge in [0.2, 0.25) is 5.92 Å². The fourth-order valence-corrected chi connectivity index (χ4v) is 3.78. The second kappa shape index (κ2) is 9.96. The molecule has 0 saturated carbocycles. The van der Waals surface area contributed by atoms with Gasteiger partial charge >= 0.3 is 0 Å². The van der Waals surface area contributed by atoms with Crippen molar-refractivity contribution >= 4 is 17.2 Å². The fourth-order valence-electron chi connectivity index (χ4n) is 3.78. The summed E-state index contributed by atoms with van der Waals surface area (Å²) in [5.41, 5.74) is 8.92. The predicted octanol–water partition coefficient (Wildman–Crippen LogP) is 5.51. The van der Waals surface area contributed by atoms with E-state index in [1.54, 1.807) is 30.6 Å². The van der Waals surface area contributed by atoms with Crippen LogP contribution >= 0.6 is 0 Å². The maximum Gasteiger partial charge on any atom is 0.245 e. The van der Waals surface area contributed by atoms with Crippen molar-refractivity contribution in [2.75, 3.05) is 5.73 Å². The van der Waals surface area contributed by atoms with Crippen molar-refractivity contribution in [3.63, 3.8) is 0 Å². The maximum atomic E-state index is 13.4. The standard InChI is InChI=1S/C26H26F3N5O2/c1-15(2)36-20-10-16(9-19(35)4-6-26(3,28)29)8-18(11-20)22-14-31-23-12-17(5-7-34(22)23)25-32-13-21(27)24(30)33-25/h5,7-8,10-15H,4,6,9H2,1-3H3,(H2,30,32,33). The highest BCUT2D eigenvalue weighted by atomic mass is 19.3. The third kappa shape index (κ3) is 5.99. The van der Waals surface area contributed by atoms with E-state index >= 15 is 0 Å². The number of ether oxygens (including phenoxy) is 1. The molecular formula is C26H26F3N5O2. The zero-order valence-electron chi connectivity index (χ0n) is 20.1. The molecule has 0 aliphatic heterocycles. The highest BCUT2D eigenvalue weighted by Crippen LogP contribution is 2.30. The normalized spacial score (nSPS) is 11.9. The minimum Gasteiger partial charge on any atom is -0.491 e. The van der Waals surface area contributed by atoms with E-state index in [2.05, 4.69) is 15.0 Å². The molecule has 0 fully saturated rings. The molecule has 0 spiro atoms. The second-order valence-corrected chi connectivity index (χ2v) is 9.03. The van der Waals surface area contributed by atoms with Gasteiger partial charge in [0.1, 0.15) is 17.2 Å². The number of nitrogens with zero attached hydrogens (tertiary/aromatic N) is 4. The van der Waals surface area contributed by atoms with E-state index in [0.29, 0.717) is 22.5 Å². The van der Waals surface area contributed by atoms with Crippen molar-refractivity contribution in [2.45, 2.75) is 52.1 Å². The van der Waals surface area contributed by atoms with Crippen LogP contribution < -0.4 is 10.5 Å². The smallest absolute Gasteiger partial charge is 0.245 e. The summed E-state index contributed by atoms with van der Waals surface area (Å²) < 4.78 is 47.5. The van der Waals surface area contributed by atoms with Gasteiger partial charge in [0.05, 0.1) is 24.2 Å². The van der Waals surface area contributed by atoms with Crippen LogP contribution in [0.5, 0.6) is 5.75 Å². The molecule has 36 heavy (non-hydrogen) atoms. The lowest BCUT2D eigenvalue weighted by Gasteiger charge is -2.14. The van der Waals surface area contributed by atoms with Crippen molar-refractivity contribution in [2.24, 2.45) is 0 Å². The number of hydrogen-bond donors (Lipinski definition) is 1. The summed E-state index contributed by atoms with van der Waals surface area (Å²) in [6.07, 6.45) is 3.70. The van der Waals surface area contributed by atoms with E-state index in [9.17, 15) is 18.0 Å². The molecule has 4 aromatic rings. The topological polar surface area (TPSA) is 95.4 Å². The average molecular weight is 498 g/mol. The first-order chi connectivity index (χ1) is 17.0. The lowest BCUT2D eigenvalue weighted by atomic mass is 10.0. The number of nitrogens with two attached hydrogens (primary N) is 1. The number of anilines is 1. The number of benzene rings is 1. The first-order valence-electron chi connectivity index (χ1n) is 11.4. The van der Waals surface area contributed by atoms with Crippen molar-refractivity contribution < 1.29 is 22.7 Å². The van der Waals surface area contributed by atoms with Gasteiger partial charge in [-0.05, 0) is 56.7 Å². The van der Waals surface area contributed by atoms with Crippen LogP contribution in [0.25, 0.3) is 28.3 Å². The van der Waals surface area contributed by atoms with Gasteiger partial charge in [0.15, 0.2) is 17.5 Å². The number of pyridine rings is 1. The van der Waals surface area contributed by atoms with Crippen molar-refractivity contribution in [1.29, 1.82) is 0 Å². The summed E-state index contributed by atoms with van der Waals surface area (Å²) in [7, 11) is 0. The van der Waals surface area contributed by atoms with Gasteiger partial charge in [-0.25, -0.2) is 28.1 Å². The van der Waals surface area contributed by atoms with Gasteiger partial charge in [-0.3, -0.25) is 9.20 Å². The number of Topliss-reactive ketones (excluding diaryl/α,β-unsaturated/α-hetero) is 1. The Bertz CT molecular complexity index is 1410. The Morgan fingerprint density at radius 1 is 1.14 bits per heavy atom. The molecule has 0 aliphatic carbocycles. The Kier molecular flexibility index (Phi) is 6.96. The van der Waals surface area contributed by atoms with Gasteiger partial charge in [0, 0.05) is 36.6 Å². The molecule has 7 nitrogen and oxygen atoms in total. The van der Waals surface area contributed by atoms with Crippen molar-refractivity contribution in [1.82, 2.24) is 19.4 Å².